The SMILES string of the molecule is Cc1cc(NS(=O)(=O)c2cccc(C(=O)NCc3ccccc3)c2)no1. The monoisotopic (exact) mass is 371 g/mol. The van der Waals surface area contributed by atoms with Crippen LogP contribution in [-0.4, -0.2) is 19.5 Å². The van der Waals surface area contributed by atoms with Gasteiger partial charge in [0.2, 0.25) is 0 Å². The number of nitrogens with one attached hydrogen (secondary N) is 2. The van der Waals surface area contributed by atoms with Crippen LogP contribution in [0, 0.1) is 6.92 Å². The molecule has 0 bridgehead atoms. The van der Waals surface area contributed by atoms with E-state index < -0.39 is 10.0 Å². The molecule has 1 amide bonds. The Balaban J connectivity index is 1.73. The second-order valence-corrected chi connectivity index (χ2v) is 7.31. The molecule has 0 fully saturated rings. The van der Waals surface area contributed by atoms with Crippen molar-refractivity contribution in [3.8, 4) is 0 Å². The summed E-state index contributed by atoms with van der Waals surface area (Å²) in [5.41, 5.74) is 1.20. The van der Waals surface area contributed by atoms with E-state index in [0.29, 0.717) is 12.3 Å². The number of nitrogens with zero attached hydrogens (tertiary/aromatic N) is 1. The van der Waals surface area contributed by atoms with E-state index in [0.717, 1.165) is 5.56 Å². The van der Waals surface area contributed by atoms with E-state index in [4.69, 9.17) is 4.52 Å². The average Bonchev–Trinajstić information content (AvgIpc) is 3.04. The van der Waals surface area contributed by atoms with E-state index >= 15 is 0 Å². The summed E-state index contributed by atoms with van der Waals surface area (Å²) >= 11 is 0. The third kappa shape index (κ3) is 4.28. The Kier molecular flexibility index (Phi) is 5.04. The maximum atomic E-state index is 12.4. The minimum Gasteiger partial charge on any atom is -0.360 e. The van der Waals surface area contributed by atoms with Gasteiger partial charge in [0.25, 0.3) is 15.9 Å². The minimum absolute atomic E-state index is 0.0366. The standard InChI is InChI=1S/C18H17N3O4S/c1-13-10-17(20-25-13)21-26(23,24)16-9-5-8-15(11-16)18(22)19-12-14-6-3-2-4-7-14/h2-11H,12H2,1H3,(H,19,22)(H,20,21). The molecular formula is C18H17N3O4S. The molecule has 0 radical (unpaired) electrons. The molecule has 26 heavy (non-hydrogen) atoms. The summed E-state index contributed by atoms with van der Waals surface area (Å²) in [7, 11) is -3.88. The maximum Gasteiger partial charge on any atom is 0.263 e. The van der Waals surface area contributed by atoms with E-state index in [1.54, 1.807) is 13.0 Å². The molecule has 2 aromatic carbocycles. The smallest absolute Gasteiger partial charge is 0.263 e. The summed E-state index contributed by atoms with van der Waals surface area (Å²) in [6, 6.07) is 16.7. The van der Waals surface area contributed by atoms with Crippen molar-refractivity contribution >= 4 is 21.7 Å². The second kappa shape index (κ2) is 7.40. The number of rotatable bonds is 6. The summed E-state index contributed by atoms with van der Waals surface area (Å²) < 4.78 is 32.0. The first kappa shape index (κ1) is 17.7. The number of aryl methyl sites for hydroxylation is 1. The number of sulfonamides is 1. The molecule has 7 nitrogen and oxygen atoms in total. The van der Waals surface area contributed by atoms with Gasteiger partial charge in [-0.3, -0.25) is 9.52 Å². The summed E-state index contributed by atoms with van der Waals surface area (Å²) in [4.78, 5) is 12.3. The highest BCUT2D eigenvalue weighted by atomic mass is 32.2. The van der Waals surface area contributed by atoms with Crippen molar-refractivity contribution in [3.05, 3.63) is 77.6 Å². The predicted octanol–water partition coefficient (Wildman–Crippen LogP) is 2.71. The third-order valence-electron chi connectivity index (χ3n) is 3.57. The van der Waals surface area contributed by atoms with Crippen LogP contribution in [0.4, 0.5) is 5.82 Å². The van der Waals surface area contributed by atoms with Crippen molar-refractivity contribution in [1.82, 2.24) is 10.5 Å². The summed E-state index contributed by atoms with van der Waals surface area (Å²) in [5, 5.41) is 6.37. The number of hydrogen-bond acceptors (Lipinski definition) is 5. The van der Waals surface area contributed by atoms with Crippen molar-refractivity contribution in [2.24, 2.45) is 0 Å². The average molecular weight is 371 g/mol. The zero-order valence-electron chi connectivity index (χ0n) is 14.0. The van der Waals surface area contributed by atoms with Crippen LogP contribution in [0.3, 0.4) is 0 Å². The number of anilines is 1. The molecule has 0 atom stereocenters. The Labute approximate surface area is 151 Å². The lowest BCUT2D eigenvalue weighted by Crippen LogP contribution is -2.23. The van der Waals surface area contributed by atoms with Gasteiger partial charge >= 0.3 is 0 Å². The third-order valence-corrected chi connectivity index (χ3v) is 4.92. The Bertz CT molecular complexity index is 1010. The van der Waals surface area contributed by atoms with Crippen LogP contribution in [0.5, 0.6) is 0 Å². The lowest BCUT2D eigenvalue weighted by molar-refractivity contribution is 0.0950. The molecule has 0 aliphatic heterocycles. The van der Waals surface area contributed by atoms with Gasteiger partial charge in [-0.25, -0.2) is 8.42 Å². The highest BCUT2D eigenvalue weighted by molar-refractivity contribution is 7.92. The molecule has 0 saturated carbocycles. The Morgan fingerprint density at radius 1 is 1.08 bits per heavy atom. The highest BCUT2D eigenvalue weighted by Crippen LogP contribution is 2.17. The van der Waals surface area contributed by atoms with Crippen molar-refractivity contribution < 1.29 is 17.7 Å². The number of benzene rings is 2. The zero-order chi connectivity index (χ0) is 18.6. The second-order valence-electron chi connectivity index (χ2n) is 5.62. The highest BCUT2D eigenvalue weighted by Gasteiger charge is 2.18. The van der Waals surface area contributed by atoms with Crippen LogP contribution in [-0.2, 0) is 16.6 Å². The van der Waals surface area contributed by atoms with Crippen molar-refractivity contribution in [1.29, 1.82) is 0 Å². The fraction of sp³-hybridized carbons (Fsp3) is 0.111. The normalized spacial score (nSPS) is 11.1. The topological polar surface area (TPSA) is 101 Å². The first-order valence-corrected chi connectivity index (χ1v) is 9.31. The predicted molar refractivity (Wildman–Crippen MR) is 96.1 cm³/mol. The lowest BCUT2D eigenvalue weighted by atomic mass is 10.2. The first-order valence-electron chi connectivity index (χ1n) is 7.82. The molecule has 0 saturated heterocycles. The van der Waals surface area contributed by atoms with Gasteiger partial charge in [-0.1, -0.05) is 41.6 Å². The van der Waals surface area contributed by atoms with E-state index in [1.165, 1.54) is 24.3 Å². The molecule has 0 aliphatic carbocycles. The number of carbonyl (C=O) groups excluding carboxylic acids is 1. The molecule has 0 aliphatic rings. The van der Waals surface area contributed by atoms with Gasteiger partial charge in [-0.2, -0.15) is 0 Å². The van der Waals surface area contributed by atoms with Crippen LogP contribution < -0.4 is 10.0 Å². The van der Waals surface area contributed by atoms with Crippen LogP contribution in [0.15, 0.2) is 70.1 Å². The van der Waals surface area contributed by atoms with Crippen LogP contribution in [0.25, 0.3) is 0 Å². The van der Waals surface area contributed by atoms with Gasteiger partial charge in [-0.15, -0.1) is 0 Å². The van der Waals surface area contributed by atoms with Crippen molar-refractivity contribution in [2.75, 3.05) is 4.72 Å². The molecule has 8 heteroatoms. The van der Waals surface area contributed by atoms with Gasteiger partial charge in [-0.05, 0) is 30.7 Å². The van der Waals surface area contributed by atoms with Crippen LogP contribution >= 0.6 is 0 Å². The Morgan fingerprint density at radius 3 is 2.54 bits per heavy atom. The van der Waals surface area contributed by atoms with E-state index in [9.17, 15) is 13.2 Å². The summed E-state index contributed by atoms with van der Waals surface area (Å²) in [6.07, 6.45) is 0. The van der Waals surface area contributed by atoms with E-state index in [-0.39, 0.29) is 22.2 Å². The zero-order valence-corrected chi connectivity index (χ0v) is 14.8. The fourth-order valence-corrected chi connectivity index (χ4v) is 3.33. The van der Waals surface area contributed by atoms with E-state index in [2.05, 4.69) is 15.2 Å². The van der Waals surface area contributed by atoms with Crippen LogP contribution in [0.1, 0.15) is 21.7 Å². The molecule has 3 rings (SSSR count). The number of carbonyl (C=O) groups is 1. The lowest BCUT2D eigenvalue weighted by Gasteiger charge is -2.08. The number of hydrogen-bond donors (Lipinski definition) is 2. The summed E-state index contributed by atoms with van der Waals surface area (Å²) in [6.45, 7) is 2.01. The van der Waals surface area contributed by atoms with Crippen molar-refractivity contribution in [2.45, 2.75) is 18.4 Å². The molecule has 2 N–H and O–H groups in total. The van der Waals surface area contributed by atoms with Gasteiger partial charge in [0.05, 0.1) is 4.90 Å². The van der Waals surface area contributed by atoms with Crippen molar-refractivity contribution in [3.63, 3.8) is 0 Å². The van der Waals surface area contributed by atoms with Gasteiger partial charge < -0.3 is 9.84 Å². The first-order chi connectivity index (χ1) is 12.4. The van der Waals surface area contributed by atoms with Crippen LogP contribution in [0.2, 0.25) is 0 Å². The molecular weight excluding hydrogens is 354 g/mol. The fourth-order valence-electron chi connectivity index (χ4n) is 2.30. The molecule has 3 aromatic rings. The summed E-state index contributed by atoms with van der Waals surface area (Å²) in [5.74, 6) is 0.210. The Hall–Kier alpha value is -3.13. The largest absolute Gasteiger partial charge is 0.360 e. The van der Waals surface area contributed by atoms with Gasteiger partial charge in [0.15, 0.2) is 5.82 Å². The van der Waals surface area contributed by atoms with Gasteiger partial charge in [0.1, 0.15) is 5.76 Å². The molecule has 1 heterocycles. The Morgan fingerprint density at radius 2 is 1.85 bits per heavy atom. The minimum atomic E-state index is -3.88. The molecule has 0 spiro atoms. The van der Waals surface area contributed by atoms with E-state index in [1.807, 2.05) is 30.3 Å². The quantitative estimate of drug-likeness (QED) is 0.694. The molecule has 1 aromatic heterocycles. The maximum absolute atomic E-state index is 12.4. The molecule has 134 valence electrons. The number of aromatic nitrogens is 1. The number of amides is 1. The molecule has 0 unspecified atom stereocenters. The van der Waals surface area contributed by atoms with Gasteiger partial charge in [0, 0.05) is 18.2 Å².